The second-order valence-electron chi connectivity index (χ2n) is 4.27. The highest BCUT2D eigenvalue weighted by atomic mass is 19.1. The van der Waals surface area contributed by atoms with Crippen LogP contribution in [-0.2, 0) is 6.54 Å². The smallest absolute Gasteiger partial charge is 0.306 e. The molecule has 2 aromatic rings. The highest BCUT2D eigenvalue weighted by Gasteiger charge is 2.14. The molecule has 0 bridgehead atoms. The van der Waals surface area contributed by atoms with Crippen molar-refractivity contribution in [2.75, 3.05) is 12.4 Å². The highest BCUT2D eigenvalue weighted by Crippen LogP contribution is 2.25. The summed E-state index contributed by atoms with van der Waals surface area (Å²) in [5.74, 6) is -0.246. The Hall–Kier alpha value is -2.83. The number of rotatable bonds is 5. The van der Waals surface area contributed by atoms with Crippen molar-refractivity contribution in [3.05, 3.63) is 57.9 Å². The summed E-state index contributed by atoms with van der Waals surface area (Å²) >= 11 is 0. The standard InChI is InChI=1S/C14H13FN2O4/c1-21-11-3-5-14(18)9(6-11)8-16-10-2-4-12(15)13(7-10)17(19)20/h2-7,16,18H,8H2,1H3. The molecule has 6 nitrogen and oxygen atoms in total. The van der Waals surface area contributed by atoms with Gasteiger partial charge in [-0.05, 0) is 30.3 Å². The van der Waals surface area contributed by atoms with Gasteiger partial charge in [-0.25, -0.2) is 0 Å². The maximum absolute atomic E-state index is 13.2. The van der Waals surface area contributed by atoms with Crippen LogP contribution in [0.5, 0.6) is 11.5 Å². The van der Waals surface area contributed by atoms with Gasteiger partial charge in [-0.3, -0.25) is 10.1 Å². The van der Waals surface area contributed by atoms with Gasteiger partial charge < -0.3 is 15.2 Å². The molecule has 0 saturated carbocycles. The largest absolute Gasteiger partial charge is 0.508 e. The fourth-order valence-corrected chi connectivity index (χ4v) is 1.79. The number of nitro benzene ring substituents is 1. The summed E-state index contributed by atoms with van der Waals surface area (Å²) in [4.78, 5) is 9.88. The molecule has 0 unspecified atom stereocenters. The zero-order valence-electron chi connectivity index (χ0n) is 11.2. The van der Waals surface area contributed by atoms with Crippen LogP contribution in [-0.4, -0.2) is 17.1 Å². The van der Waals surface area contributed by atoms with Crippen LogP contribution in [0.2, 0.25) is 0 Å². The molecule has 0 aliphatic heterocycles. The maximum atomic E-state index is 13.2. The molecule has 2 aromatic carbocycles. The Kier molecular flexibility index (Phi) is 4.22. The molecule has 0 amide bonds. The van der Waals surface area contributed by atoms with E-state index in [1.54, 1.807) is 12.1 Å². The van der Waals surface area contributed by atoms with Gasteiger partial charge in [0.15, 0.2) is 0 Å². The van der Waals surface area contributed by atoms with Gasteiger partial charge in [-0.2, -0.15) is 4.39 Å². The molecule has 0 heterocycles. The van der Waals surface area contributed by atoms with Crippen LogP contribution in [0.3, 0.4) is 0 Å². The van der Waals surface area contributed by atoms with Crippen molar-refractivity contribution in [2.45, 2.75) is 6.54 Å². The van der Waals surface area contributed by atoms with Crippen LogP contribution in [0, 0.1) is 15.9 Å². The van der Waals surface area contributed by atoms with E-state index < -0.39 is 16.4 Å². The minimum atomic E-state index is -0.894. The van der Waals surface area contributed by atoms with Crippen LogP contribution < -0.4 is 10.1 Å². The van der Waals surface area contributed by atoms with Gasteiger partial charge >= 0.3 is 5.69 Å². The van der Waals surface area contributed by atoms with Crippen molar-refractivity contribution in [2.24, 2.45) is 0 Å². The predicted octanol–water partition coefficient (Wildman–Crippen LogP) is 3.06. The molecule has 0 aliphatic carbocycles. The molecule has 2 rings (SSSR count). The lowest BCUT2D eigenvalue weighted by Crippen LogP contribution is -2.01. The number of phenols is 1. The van der Waals surface area contributed by atoms with E-state index in [1.807, 2.05) is 0 Å². The predicted molar refractivity (Wildman–Crippen MR) is 75.0 cm³/mol. The maximum Gasteiger partial charge on any atom is 0.306 e. The van der Waals surface area contributed by atoms with Crippen molar-refractivity contribution in [1.29, 1.82) is 0 Å². The highest BCUT2D eigenvalue weighted by molar-refractivity contribution is 5.53. The monoisotopic (exact) mass is 292 g/mol. The molecule has 7 heteroatoms. The molecule has 0 aliphatic rings. The van der Waals surface area contributed by atoms with Gasteiger partial charge in [0, 0.05) is 23.9 Å². The fourth-order valence-electron chi connectivity index (χ4n) is 1.79. The zero-order chi connectivity index (χ0) is 15.4. The molecule has 0 saturated heterocycles. The second-order valence-corrected chi connectivity index (χ2v) is 4.27. The van der Waals surface area contributed by atoms with E-state index in [4.69, 9.17) is 4.74 Å². The average molecular weight is 292 g/mol. The van der Waals surface area contributed by atoms with Crippen LogP contribution in [0.4, 0.5) is 15.8 Å². The third-order valence-corrected chi connectivity index (χ3v) is 2.91. The number of aromatic hydroxyl groups is 1. The second kappa shape index (κ2) is 6.08. The lowest BCUT2D eigenvalue weighted by molar-refractivity contribution is -0.387. The minimum Gasteiger partial charge on any atom is -0.508 e. The van der Waals surface area contributed by atoms with E-state index in [9.17, 15) is 19.6 Å². The summed E-state index contributed by atoms with van der Waals surface area (Å²) in [7, 11) is 1.51. The Morgan fingerprint density at radius 2 is 2.10 bits per heavy atom. The molecule has 0 spiro atoms. The molecule has 21 heavy (non-hydrogen) atoms. The first-order chi connectivity index (χ1) is 10.0. The number of halogens is 1. The summed E-state index contributed by atoms with van der Waals surface area (Å²) in [5, 5.41) is 23.3. The molecular formula is C14H13FN2O4. The van der Waals surface area contributed by atoms with Crippen molar-refractivity contribution in [3.63, 3.8) is 0 Å². The molecule has 0 aromatic heterocycles. The number of nitro groups is 1. The summed E-state index contributed by atoms with van der Waals surface area (Å²) in [6.45, 7) is 0.214. The van der Waals surface area contributed by atoms with Crippen LogP contribution in [0.1, 0.15) is 5.56 Å². The summed E-state index contributed by atoms with van der Waals surface area (Å²) in [5.41, 5.74) is 0.335. The first-order valence-corrected chi connectivity index (χ1v) is 6.05. The summed E-state index contributed by atoms with van der Waals surface area (Å²) in [6, 6.07) is 8.25. The number of nitrogens with one attached hydrogen (secondary N) is 1. The number of anilines is 1. The topological polar surface area (TPSA) is 84.6 Å². The number of nitrogens with zero attached hydrogens (tertiary/aromatic N) is 1. The fraction of sp³-hybridized carbons (Fsp3) is 0.143. The lowest BCUT2D eigenvalue weighted by Gasteiger charge is -2.10. The van der Waals surface area contributed by atoms with Gasteiger partial charge in [0.2, 0.25) is 5.82 Å². The van der Waals surface area contributed by atoms with E-state index in [-0.39, 0.29) is 12.3 Å². The van der Waals surface area contributed by atoms with E-state index in [0.717, 1.165) is 12.1 Å². The molecular weight excluding hydrogens is 279 g/mol. The summed E-state index contributed by atoms with van der Waals surface area (Å²) < 4.78 is 18.3. The molecule has 0 radical (unpaired) electrons. The summed E-state index contributed by atoms with van der Waals surface area (Å²) in [6.07, 6.45) is 0. The quantitative estimate of drug-likeness (QED) is 0.653. The average Bonchev–Trinajstić information content (AvgIpc) is 2.47. The first kappa shape index (κ1) is 14.6. The third kappa shape index (κ3) is 3.38. The molecule has 2 N–H and O–H groups in total. The Labute approximate surface area is 119 Å². The zero-order valence-corrected chi connectivity index (χ0v) is 11.2. The van der Waals surface area contributed by atoms with Gasteiger partial charge in [0.05, 0.1) is 12.0 Å². The van der Waals surface area contributed by atoms with Gasteiger partial charge in [0.25, 0.3) is 0 Å². The Morgan fingerprint density at radius 3 is 2.76 bits per heavy atom. The number of hydrogen-bond acceptors (Lipinski definition) is 5. The minimum absolute atomic E-state index is 0.0694. The first-order valence-electron chi connectivity index (χ1n) is 6.05. The van der Waals surface area contributed by atoms with Crippen LogP contribution in [0.15, 0.2) is 36.4 Å². The number of methoxy groups -OCH3 is 1. The van der Waals surface area contributed by atoms with Crippen LogP contribution >= 0.6 is 0 Å². The molecule has 0 fully saturated rings. The number of hydrogen-bond donors (Lipinski definition) is 2. The van der Waals surface area contributed by atoms with Crippen molar-refractivity contribution >= 4 is 11.4 Å². The van der Waals surface area contributed by atoms with E-state index in [2.05, 4.69) is 5.32 Å². The Morgan fingerprint density at radius 1 is 1.33 bits per heavy atom. The van der Waals surface area contributed by atoms with Gasteiger partial charge in [0.1, 0.15) is 11.5 Å². The normalized spacial score (nSPS) is 10.2. The lowest BCUT2D eigenvalue weighted by atomic mass is 10.2. The number of benzene rings is 2. The van der Waals surface area contributed by atoms with Crippen LogP contribution in [0.25, 0.3) is 0 Å². The van der Waals surface area contributed by atoms with Crippen molar-refractivity contribution in [3.8, 4) is 11.5 Å². The molecule has 0 atom stereocenters. The Bertz CT molecular complexity index is 676. The van der Waals surface area contributed by atoms with E-state index in [0.29, 0.717) is 17.0 Å². The van der Waals surface area contributed by atoms with Crippen molar-refractivity contribution in [1.82, 2.24) is 0 Å². The van der Waals surface area contributed by atoms with E-state index in [1.165, 1.54) is 19.2 Å². The number of phenolic OH excluding ortho intramolecular Hbond substituents is 1. The Balaban J connectivity index is 2.16. The number of ether oxygens (including phenoxy) is 1. The SMILES string of the molecule is COc1ccc(O)c(CNc2ccc(F)c([N+](=O)[O-])c2)c1. The third-order valence-electron chi connectivity index (χ3n) is 2.91. The van der Waals surface area contributed by atoms with Gasteiger partial charge in [-0.1, -0.05) is 0 Å². The molecule has 110 valence electrons. The van der Waals surface area contributed by atoms with Gasteiger partial charge in [-0.15, -0.1) is 0 Å². The van der Waals surface area contributed by atoms with Crippen molar-refractivity contribution < 1.29 is 19.2 Å². The van der Waals surface area contributed by atoms with E-state index >= 15 is 0 Å².